The summed E-state index contributed by atoms with van der Waals surface area (Å²) in [6.45, 7) is 3.07. The number of rotatable bonds is 4. The molecule has 0 spiro atoms. The van der Waals surface area contributed by atoms with Gasteiger partial charge in [0.15, 0.2) is 0 Å². The molecule has 1 amide bonds. The maximum absolute atomic E-state index is 12.8. The maximum Gasteiger partial charge on any atom is 0.207 e. The van der Waals surface area contributed by atoms with E-state index in [1.54, 1.807) is 0 Å². The average Bonchev–Trinajstić information content (AvgIpc) is 2.93. The third-order valence-electron chi connectivity index (χ3n) is 8.73. The van der Waals surface area contributed by atoms with E-state index in [2.05, 4.69) is 12.2 Å². The Morgan fingerprint density at radius 2 is 1.92 bits per heavy atom. The minimum Gasteiger partial charge on any atom is -0.359 e. The Morgan fingerprint density at radius 1 is 1.08 bits per heavy atom. The van der Waals surface area contributed by atoms with Gasteiger partial charge in [-0.15, -0.1) is 0 Å². The van der Waals surface area contributed by atoms with Crippen LogP contribution in [0.5, 0.6) is 0 Å². The Balaban J connectivity index is 1.59. The van der Waals surface area contributed by atoms with Crippen LogP contribution in [0.15, 0.2) is 0 Å². The summed E-state index contributed by atoms with van der Waals surface area (Å²) < 4.78 is 0. The summed E-state index contributed by atoms with van der Waals surface area (Å²) in [5.74, 6) is 3.31. The summed E-state index contributed by atoms with van der Waals surface area (Å²) in [6.07, 6.45) is 10.4. The van der Waals surface area contributed by atoms with Crippen molar-refractivity contribution in [3.63, 3.8) is 0 Å². The van der Waals surface area contributed by atoms with Gasteiger partial charge in [0.1, 0.15) is 11.6 Å². The summed E-state index contributed by atoms with van der Waals surface area (Å²) in [5.41, 5.74) is 0.126. The molecular weight excluding hydrogens is 314 g/mol. The lowest BCUT2D eigenvalue weighted by atomic mass is 9.44. The largest absolute Gasteiger partial charge is 0.359 e. The van der Waals surface area contributed by atoms with E-state index >= 15 is 0 Å². The quantitative estimate of drug-likeness (QED) is 0.628. The molecule has 0 bridgehead atoms. The topological polar surface area (TPSA) is 63.2 Å². The number of ketones is 2. The van der Waals surface area contributed by atoms with Gasteiger partial charge in [0, 0.05) is 31.2 Å². The molecule has 4 saturated carbocycles. The lowest BCUT2D eigenvalue weighted by Gasteiger charge is -2.59. The number of hydrogen-bond acceptors (Lipinski definition) is 3. The second-order valence-electron chi connectivity index (χ2n) is 9.38. The molecule has 1 N–H and O–H groups in total. The molecule has 4 heteroatoms. The van der Waals surface area contributed by atoms with E-state index in [4.69, 9.17) is 0 Å². The summed E-state index contributed by atoms with van der Waals surface area (Å²) in [5, 5.41) is 2.78. The number of hydrogen-bond donors (Lipinski definition) is 1. The highest BCUT2D eigenvalue weighted by Crippen LogP contribution is 2.65. The molecule has 4 aliphatic rings. The first kappa shape index (κ1) is 17.2. The molecule has 0 saturated heterocycles. The summed E-state index contributed by atoms with van der Waals surface area (Å²) in [7, 11) is 0. The first-order valence-electron chi connectivity index (χ1n) is 10.2. The van der Waals surface area contributed by atoms with E-state index in [1.807, 2.05) is 0 Å². The van der Waals surface area contributed by atoms with E-state index in [0.29, 0.717) is 47.2 Å². The predicted molar refractivity (Wildman–Crippen MR) is 94.8 cm³/mol. The second-order valence-corrected chi connectivity index (χ2v) is 9.38. The van der Waals surface area contributed by atoms with Crippen LogP contribution in [0, 0.1) is 34.5 Å². The van der Waals surface area contributed by atoms with E-state index < -0.39 is 0 Å². The van der Waals surface area contributed by atoms with Crippen molar-refractivity contribution in [3.8, 4) is 0 Å². The van der Waals surface area contributed by atoms with Gasteiger partial charge in [-0.05, 0) is 74.0 Å². The summed E-state index contributed by atoms with van der Waals surface area (Å²) in [4.78, 5) is 35.5. The van der Waals surface area contributed by atoms with Crippen LogP contribution in [0.2, 0.25) is 0 Å². The van der Waals surface area contributed by atoms with Crippen molar-refractivity contribution >= 4 is 18.0 Å². The van der Waals surface area contributed by atoms with Crippen molar-refractivity contribution in [2.24, 2.45) is 34.5 Å². The van der Waals surface area contributed by atoms with Gasteiger partial charge in [-0.2, -0.15) is 0 Å². The molecule has 0 aromatic rings. The van der Waals surface area contributed by atoms with Crippen LogP contribution in [-0.4, -0.2) is 24.5 Å². The van der Waals surface area contributed by atoms with Gasteiger partial charge in [0.2, 0.25) is 6.41 Å². The van der Waals surface area contributed by atoms with Crippen LogP contribution in [0.1, 0.15) is 71.1 Å². The zero-order valence-corrected chi connectivity index (χ0v) is 15.4. The van der Waals surface area contributed by atoms with E-state index in [1.165, 1.54) is 6.42 Å². The zero-order chi connectivity index (χ0) is 17.7. The predicted octanol–water partition coefficient (Wildman–Crippen LogP) is 3.28. The number of Topliss-reactive ketones (excluding diaryl/α,β-unsaturated/α-hetero) is 2. The molecular formula is C21H31NO3. The monoisotopic (exact) mass is 345 g/mol. The molecule has 6 atom stereocenters. The summed E-state index contributed by atoms with van der Waals surface area (Å²) >= 11 is 0. The Labute approximate surface area is 150 Å². The first-order chi connectivity index (χ1) is 12.0. The fourth-order valence-corrected chi connectivity index (χ4v) is 7.44. The van der Waals surface area contributed by atoms with Crippen LogP contribution in [0.4, 0.5) is 0 Å². The van der Waals surface area contributed by atoms with Crippen molar-refractivity contribution in [1.82, 2.24) is 5.32 Å². The number of nitrogens with one attached hydrogen (secondary N) is 1. The molecule has 0 aromatic carbocycles. The molecule has 0 heterocycles. The molecule has 138 valence electrons. The fraction of sp³-hybridized carbons (Fsp3) is 0.857. The molecule has 0 radical (unpaired) electrons. The van der Waals surface area contributed by atoms with Crippen molar-refractivity contribution in [3.05, 3.63) is 0 Å². The van der Waals surface area contributed by atoms with Crippen LogP contribution in [0.25, 0.3) is 0 Å². The van der Waals surface area contributed by atoms with Gasteiger partial charge in [-0.3, -0.25) is 14.4 Å². The van der Waals surface area contributed by atoms with Gasteiger partial charge in [-0.25, -0.2) is 0 Å². The van der Waals surface area contributed by atoms with E-state index in [0.717, 1.165) is 64.2 Å². The van der Waals surface area contributed by atoms with Crippen molar-refractivity contribution in [2.75, 3.05) is 6.54 Å². The lowest BCUT2D eigenvalue weighted by Crippen LogP contribution is -2.54. The minimum atomic E-state index is -0.176. The minimum absolute atomic E-state index is 0.176. The van der Waals surface area contributed by atoms with Gasteiger partial charge < -0.3 is 5.32 Å². The highest BCUT2D eigenvalue weighted by Gasteiger charge is 2.61. The zero-order valence-electron chi connectivity index (χ0n) is 15.4. The van der Waals surface area contributed by atoms with Gasteiger partial charge in [0.05, 0.1) is 0 Å². The number of amides is 1. The maximum atomic E-state index is 12.8. The van der Waals surface area contributed by atoms with Crippen LogP contribution in [-0.2, 0) is 14.4 Å². The Kier molecular flexibility index (Phi) is 4.28. The van der Waals surface area contributed by atoms with E-state index in [9.17, 15) is 14.4 Å². The third kappa shape index (κ3) is 2.50. The normalized spacial score (nSPS) is 46.1. The molecule has 1 unspecified atom stereocenters. The molecule has 4 nitrogen and oxygen atoms in total. The average molecular weight is 345 g/mol. The molecule has 4 aliphatic carbocycles. The highest BCUT2D eigenvalue weighted by atomic mass is 16.1. The number of carbonyl (C=O) groups is 3. The second kappa shape index (κ2) is 6.21. The Morgan fingerprint density at radius 3 is 2.72 bits per heavy atom. The fourth-order valence-electron chi connectivity index (χ4n) is 7.44. The summed E-state index contributed by atoms with van der Waals surface area (Å²) in [6, 6.07) is 0. The first-order valence-corrected chi connectivity index (χ1v) is 10.2. The van der Waals surface area contributed by atoms with Crippen molar-refractivity contribution < 1.29 is 14.4 Å². The van der Waals surface area contributed by atoms with Crippen LogP contribution < -0.4 is 5.32 Å². The van der Waals surface area contributed by atoms with Crippen molar-refractivity contribution in [1.29, 1.82) is 0 Å². The SMILES string of the molecule is C[C@]12CCC(=O)CC1CC[C@H]1[C@@H]3CCC(=O)[C@@]3(CCNC=O)CC[C@@H]12. The number of fused-ring (bicyclic) bond motifs is 5. The standard InChI is InChI=1S/C21H31NO3/c1-20-8-6-15(24)12-14(20)2-3-16-17(20)7-9-21(10-11-22-13-23)18(16)4-5-19(21)25/h13-14,16-18H,2-12H2,1H3,(H,22,23)/t14?,16-,17+,18+,20+,21-/m1/s1. The van der Waals surface area contributed by atoms with Crippen molar-refractivity contribution in [2.45, 2.75) is 71.1 Å². The molecule has 4 rings (SSSR count). The molecule has 0 aliphatic heterocycles. The lowest BCUT2D eigenvalue weighted by molar-refractivity contribution is -0.146. The van der Waals surface area contributed by atoms with Gasteiger partial charge in [-0.1, -0.05) is 6.92 Å². The van der Waals surface area contributed by atoms with E-state index in [-0.39, 0.29) is 5.41 Å². The molecule has 0 aromatic heterocycles. The molecule has 4 fully saturated rings. The van der Waals surface area contributed by atoms with Crippen LogP contribution >= 0.6 is 0 Å². The Hall–Kier alpha value is -1.19. The third-order valence-corrected chi connectivity index (χ3v) is 8.73. The van der Waals surface area contributed by atoms with Gasteiger partial charge in [0.25, 0.3) is 0 Å². The highest BCUT2D eigenvalue weighted by molar-refractivity contribution is 5.87. The smallest absolute Gasteiger partial charge is 0.207 e. The van der Waals surface area contributed by atoms with Crippen LogP contribution in [0.3, 0.4) is 0 Å². The number of carbonyl (C=O) groups excluding carboxylic acids is 3. The van der Waals surface area contributed by atoms with Gasteiger partial charge >= 0.3 is 0 Å². The Bertz CT molecular complexity index is 588. The molecule has 25 heavy (non-hydrogen) atoms.